The molecule has 0 fully saturated rings. The molecule has 0 rings (SSSR count). The third kappa shape index (κ3) is 564. The molecular formula is C9H26SiY-. The Hall–Kier alpha value is 1.32. The molecule has 0 aliphatic carbocycles. The van der Waals surface area contributed by atoms with Crippen molar-refractivity contribution in [2.45, 2.75) is 55.3 Å². The molecule has 70 valence electrons. The van der Waals surface area contributed by atoms with Crippen LogP contribution in [0.5, 0.6) is 0 Å². The molecule has 0 amide bonds. The van der Waals surface area contributed by atoms with Crippen molar-refractivity contribution in [1.82, 2.24) is 0 Å². The fourth-order valence-corrected chi connectivity index (χ4v) is 0. The van der Waals surface area contributed by atoms with Crippen molar-refractivity contribution in [3.8, 4) is 0 Å². The van der Waals surface area contributed by atoms with E-state index in [4.69, 9.17) is 0 Å². The van der Waals surface area contributed by atoms with Gasteiger partial charge in [-0.15, -0.1) is 0 Å². The molecule has 0 saturated heterocycles. The molecule has 0 N–H and O–H groups in total. The van der Waals surface area contributed by atoms with Crippen LogP contribution < -0.4 is 0 Å². The minimum Gasteiger partial charge on any atom is -0.323 e. The number of hydrogen-bond donors (Lipinski definition) is 0. The molecule has 2 heteroatoms. The van der Waals surface area contributed by atoms with Crippen molar-refractivity contribution in [1.29, 1.82) is 0 Å². The first-order chi connectivity index (χ1) is 3.46. The summed E-state index contributed by atoms with van der Waals surface area (Å²) in [6, 6.07) is 0. The predicted octanol–water partition coefficient (Wildman–Crippen LogP) is 4.26. The summed E-state index contributed by atoms with van der Waals surface area (Å²) >= 11 is 0. The average molecular weight is 251 g/mol. The van der Waals surface area contributed by atoms with Crippen LogP contribution in [-0.4, -0.2) is 8.80 Å². The minimum absolute atomic E-state index is 0. The molecule has 0 nitrogen and oxygen atoms in total. The summed E-state index contributed by atoms with van der Waals surface area (Å²) in [6.45, 7) is 13.1. The van der Waals surface area contributed by atoms with Gasteiger partial charge in [0.2, 0.25) is 0 Å². The van der Waals surface area contributed by atoms with Gasteiger partial charge < -0.3 is 5.92 Å². The third-order valence-electron chi connectivity index (χ3n) is 0. The zero-order valence-electron chi connectivity index (χ0n) is 7.58. The molecular weight excluding hydrogens is 225 g/mol. The second-order valence-corrected chi connectivity index (χ2v) is 6.00. The minimum atomic E-state index is 0. The van der Waals surface area contributed by atoms with Gasteiger partial charge in [-0.3, -0.25) is 0 Å². The van der Waals surface area contributed by atoms with E-state index in [1.807, 2.05) is 0 Å². The molecule has 11 heavy (non-hydrogen) atoms. The van der Waals surface area contributed by atoms with Crippen molar-refractivity contribution in [2.24, 2.45) is 0 Å². The quantitative estimate of drug-likeness (QED) is 0.446. The van der Waals surface area contributed by atoms with Crippen molar-refractivity contribution in [3.63, 3.8) is 0 Å². The average Bonchev–Trinajstić information content (AvgIpc) is 1.25. The predicted molar refractivity (Wildman–Crippen MR) is 57.1 cm³/mol. The van der Waals surface area contributed by atoms with Gasteiger partial charge in [-0.2, -0.15) is 20.8 Å². The first-order valence-electron chi connectivity index (χ1n) is 3.00. The van der Waals surface area contributed by atoms with Gasteiger partial charge in [0.1, 0.15) is 0 Å². The number of hydrogen-bond acceptors (Lipinski definition) is 0. The largest absolute Gasteiger partial charge is 0.323 e. The fraction of sp³-hybridized carbons (Fsp3) is 0.889. The molecule has 2 radical (unpaired) electrons. The van der Waals surface area contributed by atoms with E-state index in [0.29, 0.717) is 0 Å². The van der Waals surface area contributed by atoms with Crippen LogP contribution >= 0.6 is 0 Å². The van der Waals surface area contributed by atoms with Crippen LogP contribution in [0, 0.1) is 5.92 Å². The van der Waals surface area contributed by atoms with E-state index in [2.05, 4.69) is 40.4 Å². The van der Waals surface area contributed by atoms with Gasteiger partial charge in [0.15, 0.2) is 0 Å². The number of rotatable bonds is 0. The second kappa shape index (κ2) is 22.5. The Kier molecular flexibility index (Phi) is 60.3. The third-order valence-corrected chi connectivity index (χ3v) is 0. The zero-order chi connectivity index (χ0) is 7.15. The van der Waals surface area contributed by atoms with Gasteiger partial charge in [0.25, 0.3) is 0 Å². The topological polar surface area (TPSA) is 0 Å². The Bertz CT molecular complexity index is 25.0. The molecule has 0 aromatic heterocycles. The van der Waals surface area contributed by atoms with Gasteiger partial charge in [0.05, 0.1) is 0 Å². The van der Waals surface area contributed by atoms with Gasteiger partial charge in [-0.05, 0) is 0 Å². The van der Waals surface area contributed by atoms with E-state index in [9.17, 15) is 0 Å². The fourth-order valence-electron chi connectivity index (χ4n) is 0. The molecule has 0 aliphatic rings. The van der Waals surface area contributed by atoms with E-state index in [1.165, 1.54) is 5.92 Å². The van der Waals surface area contributed by atoms with Crippen LogP contribution in [0.4, 0.5) is 0 Å². The Morgan fingerprint density at radius 3 is 0.818 bits per heavy atom. The van der Waals surface area contributed by atoms with E-state index >= 15 is 0 Å². The summed E-state index contributed by atoms with van der Waals surface area (Å²) in [7, 11) is 0.120. The summed E-state index contributed by atoms with van der Waals surface area (Å²) in [6.07, 6.45) is 0. The summed E-state index contributed by atoms with van der Waals surface area (Å²) in [5.74, 6) is 1.42. The maximum Gasteiger partial charge on any atom is 0.0379 e. The molecule has 0 aromatic carbocycles. The first kappa shape index (κ1) is 29.5. The van der Waals surface area contributed by atoms with Crippen molar-refractivity contribution in [3.05, 3.63) is 5.92 Å². The zero-order valence-corrected chi connectivity index (χ0v) is 11.4. The molecule has 0 saturated carbocycles. The van der Waals surface area contributed by atoms with Crippen LogP contribution in [0.25, 0.3) is 0 Å². The smallest absolute Gasteiger partial charge is 0.0379 e. The molecule has 0 unspecified atom stereocenters. The first-order valence-corrected chi connectivity index (χ1v) is 6.00. The van der Waals surface area contributed by atoms with Crippen LogP contribution in [-0.2, 0) is 32.7 Å². The molecule has 0 aromatic rings. The van der Waals surface area contributed by atoms with Crippen LogP contribution in [0.2, 0.25) is 19.6 Å². The van der Waals surface area contributed by atoms with Crippen molar-refractivity contribution < 1.29 is 32.7 Å². The Morgan fingerprint density at radius 2 is 0.818 bits per heavy atom. The standard InChI is InChI=1S/C4H9.C3H9Si.2CH4.Y/c2*1-4(2)3;;;/h2*1-3H3;2*1H4;/q-1;;;;. The molecule has 0 heterocycles. The van der Waals surface area contributed by atoms with Crippen LogP contribution in [0.1, 0.15) is 35.6 Å². The van der Waals surface area contributed by atoms with Crippen LogP contribution in [0.3, 0.4) is 0 Å². The SMILES string of the molecule is C.C.C[C-](C)C.C[Si](C)C.[Y]. The maximum absolute atomic E-state index is 2.27. The monoisotopic (exact) mass is 251 g/mol. The van der Waals surface area contributed by atoms with Gasteiger partial charge in [0, 0.05) is 41.5 Å². The van der Waals surface area contributed by atoms with Gasteiger partial charge in [-0.25, -0.2) is 0 Å². The normalized spacial score (nSPS) is 6.55. The molecule has 0 spiro atoms. The molecule has 0 atom stereocenters. The van der Waals surface area contributed by atoms with Gasteiger partial charge in [-0.1, -0.05) is 34.5 Å². The summed E-state index contributed by atoms with van der Waals surface area (Å²) in [5.41, 5.74) is 0. The van der Waals surface area contributed by atoms with E-state index in [0.717, 1.165) is 0 Å². The Labute approximate surface area is 102 Å². The van der Waals surface area contributed by atoms with Crippen molar-refractivity contribution in [2.75, 3.05) is 0 Å². The summed E-state index contributed by atoms with van der Waals surface area (Å²) in [5, 5.41) is 0. The van der Waals surface area contributed by atoms with Gasteiger partial charge >= 0.3 is 0 Å². The second-order valence-electron chi connectivity index (χ2n) is 3.00. The Balaban J connectivity index is -0.0000000171. The van der Waals surface area contributed by atoms with Crippen LogP contribution in [0.15, 0.2) is 0 Å². The molecule has 0 aliphatic heterocycles. The van der Waals surface area contributed by atoms with Crippen molar-refractivity contribution >= 4 is 8.80 Å². The van der Waals surface area contributed by atoms with E-state index in [1.54, 1.807) is 0 Å². The summed E-state index contributed by atoms with van der Waals surface area (Å²) < 4.78 is 0. The Morgan fingerprint density at radius 1 is 0.818 bits per heavy atom. The maximum atomic E-state index is 2.27. The van der Waals surface area contributed by atoms with E-state index < -0.39 is 0 Å². The van der Waals surface area contributed by atoms with E-state index in [-0.39, 0.29) is 56.4 Å². The summed E-state index contributed by atoms with van der Waals surface area (Å²) in [4.78, 5) is 0. The molecule has 0 bridgehead atoms.